The van der Waals surface area contributed by atoms with E-state index in [-0.39, 0.29) is 24.2 Å². The van der Waals surface area contributed by atoms with Crippen LogP contribution in [0.25, 0.3) is 6.08 Å². The van der Waals surface area contributed by atoms with Gasteiger partial charge in [0, 0.05) is 53.4 Å². The van der Waals surface area contributed by atoms with Crippen LogP contribution in [-0.4, -0.2) is 47.4 Å². The van der Waals surface area contributed by atoms with Crippen LogP contribution in [0.5, 0.6) is 0 Å². The van der Waals surface area contributed by atoms with Crippen LogP contribution in [0.4, 0.5) is 0 Å². The molecular formula is C29H29N5O3S2. The van der Waals surface area contributed by atoms with Gasteiger partial charge < -0.3 is 10.0 Å². The summed E-state index contributed by atoms with van der Waals surface area (Å²) < 4.78 is 0. The third-order valence-corrected chi connectivity index (χ3v) is 8.73. The number of hydrogen-bond acceptors (Lipinski definition) is 8. The lowest BCUT2D eigenvalue weighted by Gasteiger charge is -2.37. The first kappa shape index (κ1) is 26.8. The van der Waals surface area contributed by atoms with E-state index in [1.165, 1.54) is 27.6 Å². The Labute approximate surface area is 235 Å². The van der Waals surface area contributed by atoms with E-state index in [0.717, 1.165) is 11.1 Å². The van der Waals surface area contributed by atoms with Crippen LogP contribution >= 0.6 is 22.7 Å². The van der Waals surface area contributed by atoms with Crippen molar-refractivity contribution >= 4 is 40.6 Å². The summed E-state index contributed by atoms with van der Waals surface area (Å²) in [6, 6.07) is 4.86. The smallest absolute Gasteiger partial charge is 0.330 e. The molecule has 4 aromatic rings. The lowest BCUT2D eigenvalue weighted by Crippen LogP contribution is -2.55. The summed E-state index contributed by atoms with van der Waals surface area (Å²) in [5, 5.41) is 15.2. The number of thiazole rings is 2. The lowest BCUT2D eigenvalue weighted by molar-refractivity contribution is -0.149. The van der Waals surface area contributed by atoms with Crippen LogP contribution < -0.4 is 0 Å². The monoisotopic (exact) mass is 559 g/mol. The lowest BCUT2D eigenvalue weighted by atomic mass is 9.83. The van der Waals surface area contributed by atoms with E-state index >= 15 is 0 Å². The van der Waals surface area contributed by atoms with E-state index in [4.69, 9.17) is 0 Å². The van der Waals surface area contributed by atoms with Crippen LogP contribution in [0.3, 0.4) is 0 Å². The van der Waals surface area contributed by atoms with E-state index in [9.17, 15) is 14.7 Å². The number of carbonyl (C=O) groups excluding carboxylic acids is 1. The van der Waals surface area contributed by atoms with Gasteiger partial charge in [-0.15, -0.1) is 22.7 Å². The van der Waals surface area contributed by atoms with Crippen LogP contribution in [0.2, 0.25) is 0 Å². The molecule has 1 N–H and O–H groups in total. The third-order valence-electron chi connectivity index (χ3n) is 7.25. The van der Waals surface area contributed by atoms with Crippen molar-refractivity contribution < 1.29 is 14.7 Å². The molecule has 4 heterocycles. The minimum Gasteiger partial charge on any atom is -0.479 e. The Morgan fingerprint density at radius 1 is 1.21 bits per heavy atom. The van der Waals surface area contributed by atoms with Crippen molar-refractivity contribution in [2.45, 2.75) is 56.5 Å². The average molecular weight is 560 g/mol. The summed E-state index contributed by atoms with van der Waals surface area (Å²) in [6.45, 7) is 10.3. The Bertz CT molecular complexity index is 1480. The SMILES string of the molecule is C=Cc1cc(C(=O)N2[C@@H](c3nccs3)[C@@H](c3cnccn3)C[C@@]2(Cc2cscn2)C(=O)O)ccc1C(C)(C)C. The molecule has 1 aliphatic heterocycles. The molecule has 8 nitrogen and oxygen atoms in total. The number of carboxylic acid groups (broad SMARTS) is 1. The van der Waals surface area contributed by atoms with Crippen LogP contribution in [0, 0.1) is 0 Å². The van der Waals surface area contributed by atoms with Gasteiger partial charge in [0.25, 0.3) is 5.91 Å². The van der Waals surface area contributed by atoms with E-state index in [1.807, 2.05) is 16.8 Å². The zero-order valence-corrected chi connectivity index (χ0v) is 23.6. The molecule has 0 unspecified atom stereocenters. The van der Waals surface area contributed by atoms with Crippen LogP contribution in [0.15, 0.2) is 65.8 Å². The normalized spacial score (nSPS) is 21.2. The molecule has 0 bridgehead atoms. The molecule has 5 rings (SSSR count). The van der Waals surface area contributed by atoms with Gasteiger partial charge in [-0.3, -0.25) is 14.8 Å². The first-order chi connectivity index (χ1) is 18.7. The third kappa shape index (κ3) is 4.90. The number of aromatic nitrogens is 4. The van der Waals surface area contributed by atoms with E-state index in [1.54, 1.807) is 48.5 Å². The number of carbonyl (C=O) groups is 2. The minimum absolute atomic E-state index is 0.0601. The van der Waals surface area contributed by atoms with Gasteiger partial charge in [-0.1, -0.05) is 39.5 Å². The molecule has 39 heavy (non-hydrogen) atoms. The number of hydrogen-bond donors (Lipinski definition) is 1. The minimum atomic E-state index is -1.58. The van der Waals surface area contributed by atoms with Gasteiger partial charge in [0.15, 0.2) is 0 Å². The molecule has 1 amide bonds. The molecule has 1 fully saturated rings. The number of amides is 1. The molecule has 10 heteroatoms. The molecule has 0 spiro atoms. The molecule has 3 atom stereocenters. The van der Waals surface area contributed by atoms with Crippen molar-refractivity contribution in [1.82, 2.24) is 24.8 Å². The van der Waals surface area contributed by atoms with Crippen molar-refractivity contribution in [2.24, 2.45) is 0 Å². The van der Waals surface area contributed by atoms with Crippen LogP contribution in [0.1, 0.15) is 77.0 Å². The second-order valence-corrected chi connectivity index (χ2v) is 12.3. The standard InChI is InChI=1S/C29H29N5O3S2/c1-5-18-12-19(6-7-22(18)28(2,3)4)26(35)34-24(25-32-10-11-39-25)21(23-15-30-8-9-31-23)14-29(34,27(36)37)13-20-16-38-17-33-20/h5-12,15-17,21,24H,1,13-14H2,2-4H3,(H,36,37)/t21-,24-,29+/m1/s1. The van der Waals surface area contributed by atoms with Gasteiger partial charge in [-0.05, 0) is 35.1 Å². The average Bonchev–Trinajstić information content (AvgIpc) is 3.69. The van der Waals surface area contributed by atoms with Crippen molar-refractivity contribution in [2.75, 3.05) is 0 Å². The number of carboxylic acids is 1. The van der Waals surface area contributed by atoms with Gasteiger partial charge in [-0.2, -0.15) is 0 Å². The first-order valence-electron chi connectivity index (χ1n) is 12.5. The van der Waals surface area contributed by atoms with Crippen molar-refractivity contribution in [1.29, 1.82) is 0 Å². The van der Waals surface area contributed by atoms with Crippen molar-refractivity contribution in [3.8, 4) is 0 Å². The number of aliphatic carboxylic acids is 1. The Balaban J connectivity index is 1.72. The summed E-state index contributed by atoms with van der Waals surface area (Å²) in [6.07, 6.45) is 8.42. The van der Waals surface area contributed by atoms with E-state index in [0.29, 0.717) is 22.0 Å². The summed E-state index contributed by atoms with van der Waals surface area (Å²) in [5.41, 5.74) is 3.45. The highest BCUT2D eigenvalue weighted by molar-refractivity contribution is 7.09. The van der Waals surface area contributed by atoms with E-state index in [2.05, 4.69) is 47.3 Å². The van der Waals surface area contributed by atoms with Gasteiger partial charge in [-0.25, -0.2) is 14.8 Å². The van der Waals surface area contributed by atoms with E-state index < -0.39 is 23.5 Å². The maximum atomic E-state index is 14.6. The molecule has 0 aliphatic carbocycles. The summed E-state index contributed by atoms with van der Waals surface area (Å²) in [5.74, 6) is -1.91. The topological polar surface area (TPSA) is 109 Å². The fourth-order valence-corrected chi connectivity index (χ4v) is 6.86. The Morgan fingerprint density at radius 2 is 2.03 bits per heavy atom. The molecule has 200 valence electrons. The Kier molecular flexibility index (Phi) is 7.17. The quantitative estimate of drug-likeness (QED) is 0.306. The molecule has 1 aliphatic rings. The largest absolute Gasteiger partial charge is 0.479 e. The maximum Gasteiger partial charge on any atom is 0.330 e. The number of likely N-dealkylation sites (tertiary alicyclic amines) is 1. The summed E-state index contributed by atoms with van der Waals surface area (Å²) in [4.78, 5) is 47.1. The number of nitrogens with zero attached hydrogens (tertiary/aromatic N) is 5. The molecular weight excluding hydrogens is 530 g/mol. The maximum absolute atomic E-state index is 14.6. The highest BCUT2D eigenvalue weighted by atomic mass is 32.1. The number of benzene rings is 1. The molecule has 1 saturated heterocycles. The zero-order chi connectivity index (χ0) is 27.8. The van der Waals surface area contributed by atoms with Gasteiger partial charge in [0.05, 0.1) is 22.9 Å². The van der Waals surface area contributed by atoms with Crippen molar-refractivity contribution in [3.63, 3.8) is 0 Å². The Hall–Kier alpha value is -3.76. The molecule has 0 radical (unpaired) electrons. The molecule has 1 aromatic carbocycles. The predicted molar refractivity (Wildman–Crippen MR) is 152 cm³/mol. The predicted octanol–water partition coefficient (Wildman–Crippen LogP) is 5.77. The highest BCUT2D eigenvalue weighted by Gasteiger charge is 2.60. The van der Waals surface area contributed by atoms with Gasteiger partial charge in [0.1, 0.15) is 10.5 Å². The second-order valence-electron chi connectivity index (χ2n) is 10.7. The first-order valence-corrected chi connectivity index (χ1v) is 14.3. The Morgan fingerprint density at radius 3 is 2.62 bits per heavy atom. The summed E-state index contributed by atoms with van der Waals surface area (Å²) in [7, 11) is 0. The fraction of sp³-hybridized carbons (Fsp3) is 0.310. The molecule has 0 saturated carbocycles. The molecule has 3 aromatic heterocycles. The van der Waals surface area contributed by atoms with Gasteiger partial charge >= 0.3 is 5.97 Å². The second kappa shape index (κ2) is 10.4. The van der Waals surface area contributed by atoms with Gasteiger partial charge in [0.2, 0.25) is 0 Å². The number of rotatable bonds is 7. The summed E-state index contributed by atoms with van der Waals surface area (Å²) >= 11 is 2.79. The van der Waals surface area contributed by atoms with Crippen LogP contribution in [-0.2, 0) is 16.6 Å². The highest BCUT2D eigenvalue weighted by Crippen LogP contribution is 2.53. The fourth-order valence-electron chi connectivity index (χ4n) is 5.51. The zero-order valence-electron chi connectivity index (χ0n) is 21.9. The van der Waals surface area contributed by atoms with Crippen molar-refractivity contribution in [3.05, 3.63) is 98.9 Å².